The van der Waals surface area contributed by atoms with E-state index in [1.807, 2.05) is 48.5 Å². The number of anilines is 2. The average molecular weight is 519 g/mol. The zero-order valence-corrected chi connectivity index (χ0v) is 21.0. The number of halogens is 3. The van der Waals surface area contributed by atoms with Crippen LogP contribution in [0.15, 0.2) is 66.7 Å². The minimum atomic E-state index is -4.68. The summed E-state index contributed by atoms with van der Waals surface area (Å²) in [5, 5.41) is 6.89. The fraction of sp³-hybridized carbons (Fsp3) is 0.345. The first kappa shape index (κ1) is 24.6. The summed E-state index contributed by atoms with van der Waals surface area (Å²) in [6.07, 6.45) is 2.08. The summed E-state index contributed by atoms with van der Waals surface area (Å²) < 4.78 is 42.0. The van der Waals surface area contributed by atoms with Crippen LogP contribution in [0, 0.1) is 0 Å². The number of aryl methyl sites for hydroxylation is 2. The molecule has 1 saturated heterocycles. The Labute approximate surface area is 219 Å². The van der Waals surface area contributed by atoms with Gasteiger partial charge in [-0.05, 0) is 87.0 Å². The van der Waals surface area contributed by atoms with Gasteiger partial charge in [-0.25, -0.2) is 4.98 Å². The standard InChI is InChI=1S/C29H29F3N6/c30-29(31,32)27-35-28(38(36-27)26-10-6-9-25(34-26)21-7-2-1-3-8-21)33-23-14-11-20-12-15-24(16-13-22(20)19-23)37-17-4-5-18-37/h1-3,6-11,14,19,24H,4-5,12-13,15-18H2,(H,33,35,36). The van der Waals surface area contributed by atoms with Crippen molar-refractivity contribution < 1.29 is 13.2 Å². The van der Waals surface area contributed by atoms with Gasteiger partial charge < -0.3 is 10.2 Å². The van der Waals surface area contributed by atoms with Gasteiger partial charge in [-0.3, -0.25) is 0 Å². The molecule has 1 fully saturated rings. The predicted octanol–water partition coefficient (Wildman–Crippen LogP) is 6.43. The summed E-state index contributed by atoms with van der Waals surface area (Å²) in [6.45, 7) is 2.37. The van der Waals surface area contributed by atoms with Crippen molar-refractivity contribution in [3.8, 4) is 17.1 Å². The molecule has 196 valence electrons. The summed E-state index contributed by atoms with van der Waals surface area (Å²) in [4.78, 5) is 11.0. The van der Waals surface area contributed by atoms with Crippen molar-refractivity contribution in [3.05, 3.63) is 83.7 Å². The van der Waals surface area contributed by atoms with Crippen LogP contribution in [0.2, 0.25) is 0 Å². The molecule has 0 bridgehead atoms. The Bertz CT molecular complexity index is 1410. The first-order valence-electron chi connectivity index (χ1n) is 13.1. The van der Waals surface area contributed by atoms with E-state index in [9.17, 15) is 13.2 Å². The van der Waals surface area contributed by atoms with Crippen LogP contribution in [-0.2, 0) is 19.0 Å². The fourth-order valence-corrected chi connectivity index (χ4v) is 5.55. The van der Waals surface area contributed by atoms with Crippen molar-refractivity contribution in [1.29, 1.82) is 0 Å². The number of pyridine rings is 1. The molecule has 38 heavy (non-hydrogen) atoms. The van der Waals surface area contributed by atoms with Gasteiger partial charge in [0.1, 0.15) is 0 Å². The number of hydrogen-bond acceptors (Lipinski definition) is 5. The van der Waals surface area contributed by atoms with Crippen molar-refractivity contribution in [2.24, 2.45) is 0 Å². The van der Waals surface area contributed by atoms with Crippen molar-refractivity contribution in [3.63, 3.8) is 0 Å². The fourth-order valence-electron chi connectivity index (χ4n) is 5.55. The summed E-state index contributed by atoms with van der Waals surface area (Å²) in [6, 6.07) is 21.3. The summed E-state index contributed by atoms with van der Waals surface area (Å²) in [5.74, 6) is -0.992. The smallest absolute Gasteiger partial charge is 0.324 e. The van der Waals surface area contributed by atoms with E-state index < -0.39 is 12.0 Å². The molecule has 3 heterocycles. The maximum Gasteiger partial charge on any atom is 0.453 e. The number of alkyl halides is 3. The molecule has 9 heteroatoms. The largest absolute Gasteiger partial charge is 0.453 e. The first-order valence-corrected chi connectivity index (χ1v) is 13.1. The molecule has 0 saturated carbocycles. The van der Waals surface area contributed by atoms with Gasteiger partial charge in [0.25, 0.3) is 5.82 Å². The van der Waals surface area contributed by atoms with Crippen molar-refractivity contribution in [1.82, 2.24) is 24.6 Å². The average Bonchev–Trinajstić information content (AvgIpc) is 3.56. The molecule has 6 rings (SSSR count). The van der Waals surface area contributed by atoms with Gasteiger partial charge in [0.05, 0.1) is 5.69 Å². The maximum absolute atomic E-state index is 13.6. The third-order valence-corrected chi connectivity index (χ3v) is 7.49. The number of hydrogen-bond donors (Lipinski definition) is 1. The number of aromatic nitrogens is 4. The van der Waals surface area contributed by atoms with Gasteiger partial charge in [0.15, 0.2) is 5.82 Å². The second-order valence-electron chi connectivity index (χ2n) is 10.00. The van der Waals surface area contributed by atoms with E-state index in [1.54, 1.807) is 12.1 Å². The Morgan fingerprint density at radius 3 is 2.34 bits per heavy atom. The monoisotopic (exact) mass is 518 g/mol. The molecule has 2 aliphatic rings. The minimum Gasteiger partial charge on any atom is -0.324 e. The molecule has 0 spiro atoms. The van der Waals surface area contributed by atoms with Crippen LogP contribution >= 0.6 is 0 Å². The highest BCUT2D eigenvalue weighted by Crippen LogP contribution is 2.32. The van der Waals surface area contributed by atoms with Crippen LogP contribution < -0.4 is 5.32 Å². The van der Waals surface area contributed by atoms with E-state index in [0.29, 0.717) is 17.4 Å². The summed E-state index contributed by atoms with van der Waals surface area (Å²) in [7, 11) is 0. The molecule has 4 aromatic rings. The van der Waals surface area contributed by atoms with Crippen molar-refractivity contribution in [2.45, 2.75) is 50.7 Å². The van der Waals surface area contributed by atoms with Crippen LogP contribution in [0.5, 0.6) is 0 Å². The molecule has 1 unspecified atom stereocenters. The van der Waals surface area contributed by atoms with Gasteiger partial charge in [0.2, 0.25) is 5.95 Å². The van der Waals surface area contributed by atoms with E-state index in [0.717, 1.165) is 35.9 Å². The lowest BCUT2D eigenvalue weighted by Gasteiger charge is -2.25. The Morgan fingerprint density at radius 2 is 1.58 bits per heavy atom. The summed E-state index contributed by atoms with van der Waals surface area (Å²) in [5.41, 5.74) is 4.73. The second-order valence-corrected chi connectivity index (χ2v) is 10.00. The molecule has 1 N–H and O–H groups in total. The Balaban J connectivity index is 1.30. The number of fused-ring (bicyclic) bond motifs is 1. The number of rotatable bonds is 5. The van der Waals surface area contributed by atoms with Crippen LogP contribution in [-0.4, -0.2) is 43.8 Å². The third-order valence-electron chi connectivity index (χ3n) is 7.49. The molecule has 1 aliphatic heterocycles. The van der Waals surface area contributed by atoms with Crippen molar-refractivity contribution >= 4 is 11.6 Å². The van der Waals surface area contributed by atoms with E-state index in [1.165, 1.54) is 37.1 Å². The van der Waals surface area contributed by atoms with Crippen LogP contribution in [0.3, 0.4) is 0 Å². The third kappa shape index (κ3) is 5.15. The van der Waals surface area contributed by atoms with Gasteiger partial charge in [-0.2, -0.15) is 22.8 Å². The molecule has 2 aromatic carbocycles. The molecule has 0 amide bonds. The molecule has 1 aliphatic carbocycles. The molecular formula is C29H29F3N6. The lowest BCUT2D eigenvalue weighted by atomic mass is 10.0. The highest BCUT2D eigenvalue weighted by Gasteiger charge is 2.37. The van der Waals surface area contributed by atoms with E-state index in [-0.39, 0.29) is 11.8 Å². The molecule has 0 radical (unpaired) electrons. The zero-order valence-electron chi connectivity index (χ0n) is 21.0. The van der Waals surface area contributed by atoms with Crippen LogP contribution in [0.1, 0.15) is 42.6 Å². The molecular weight excluding hydrogens is 489 g/mol. The van der Waals surface area contributed by atoms with Gasteiger partial charge in [-0.15, -0.1) is 5.10 Å². The normalized spacial score (nSPS) is 18.2. The van der Waals surface area contributed by atoms with Gasteiger partial charge in [-0.1, -0.05) is 42.5 Å². The molecule has 6 nitrogen and oxygen atoms in total. The van der Waals surface area contributed by atoms with E-state index >= 15 is 0 Å². The number of nitrogens with zero attached hydrogens (tertiary/aromatic N) is 5. The van der Waals surface area contributed by atoms with E-state index in [4.69, 9.17) is 0 Å². The summed E-state index contributed by atoms with van der Waals surface area (Å²) >= 11 is 0. The molecule has 2 aromatic heterocycles. The van der Waals surface area contributed by atoms with Crippen LogP contribution in [0.4, 0.5) is 24.8 Å². The Hall–Kier alpha value is -3.72. The molecule has 1 atom stereocenters. The van der Waals surface area contributed by atoms with Gasteiger partial charge >= 0.3 is 6.18 Å². The maximum atomic E-state index is 13.6. The minimum absolute atomic E-state index is 0.0291. The predicted molar refractivity (Wildman–Crippen MR) is 141 cm³/mol. The lowest BCUT2D eigenvalue weighted by molar-refractivity contribution is -0.144. The first-order chi connectivity index (χ1) is 18.4. The highest BCUT2D eigenvalue weighted by molar-refractivity contribution is 5.61. The second kappa shape index (κ2) is 10.2. The lowest BCUT2D eigenvalue weighted by Crippen LogP contribution is -2.32. The Kier molecular flexibility index (Phi) is 6.61. The number of nitrogens with one attached hydrogen (secondary N) is 1. The van der Waals surface area contributed by atoms with E-state index in [2.05, 4.69) is 31.3 Å². The number of likely N-dealkylation sites (tertiary alicyclic amines) is 1. The topological polar surface area (TPSA) is 58.9 Å². The highest BCUT2D eigenvalue weighted by atomic mass is 19.4. The van der Waals surface area contributed by atoms with Crippen LogP contribution in [0.25, 0.3) is 17.1 Å². The number of benzene rings is 2. The van der Waals surface area contributed by atoms with Gasteiger partial charge in [0, 0.05) is 17.3 Å². The SMILES string of the molecule is FC(F)(F)c1nc(Nc2ccc3c(c2)CCC(N2CCCC2)CC3)n(-c2cccc(-c3ccccc3)n2)n1. The quantitative estimate of drug-likeness (QED) is 0.308. The Morgan fingerprint density at radius 1 is 0.816 bits per heavy atom. The zero-order chi connectivity index (χ0) is 26.1. The van der Waals surface area contributed by atoms with Crippen molar-refractivity contribution in [2.75, 3.05) is 18.4 Å².